The SMILES string of the molecule is [CH2]c1cc2c(Nc3cccc(Cl)c3F)ncnc2cc1OC. The first-order chi connectivity index (χ1) is 10.6. The van der Waals surface area contributed by atoms with Crippen LogP contribution in [0.1, 0.15) is 5.56 Å². The highest BCUT2D eigenvalue weighted by atomic mass is 35.5. The summed E-state index contributed by atoms with van der Waals surface area (Å²) in [6, 6.07) is 8.29. The van der Waals surface area contributed by atoms with Crippen LogP contribution in [0.5, 0.6) is 5.75 Å². The van der Waals surface area contributed by atoms with Gasteiger partial charge in [-0.15, -0.1) is 0 Å². The third-order valence-electron chi connectivity index (χ3n) is 3.24. The fraction of sp³-hybridized carbons (Fsp3) is 0.0625. The van der Waals surface area contributed by atoms with E-state index in [1.54, 1.807) is 31.4 Å². The van der Waals surface area contributed by atoms with Crippen molar-refractivity contribution in [1.29, 1.82) is 0 Å². The van der Waals surface area contributed by atoms with Crippen molar-refractivity contribution in [1.82, 2.24) is 9.97 Å². The van der Waals surface area contributed by atoms with Crippen LogP contribution >= 0.6 is 11.6 Å². The number of aromatic nitrogens is 2. The third-order valence-corrected chi connectivity index (χ3v) is 3.53. The Hall–Kier alpha value is -2.40. The van der Waals surface area contributed by atoms with Crippen LogP contribution in [0.4, 0.5) is 15.9 Å². The predicted molar refractivity (Wildman–Crippen MR) is 85.2 cm³/mol. The van der Waals surface area contributed by atoms with Gasteiger partial charge in [-0.2, -0.15) is 0 Å². The first-order valence-electron chi connectivity index (χ1n) is 6.46. The van der Waals surface area contributed by atoms with Crippen LogP contribution in [-0.4, -0.2) is 17.1 Å². The van der Waals surface area contributed by atoms with E-state index in [0.717, 1.165) is 0 Å². The Morgan fingerprint density at radius 2 is 2.09 bits per heavy atom. The van der Waals surface area contributed by atoms with Crippen molar-refractivity contribution in [3.63, 3.8) is 0 Å². The Morgan fingerprint density at radius 3 is 2.86 bits per heavy atom. The van der Waals surface area contributed by atoms with Crippen molar-refractivity contribution in [2.75, 3.05) is 12.4 Å². The van der Waals surface area contributed by atoms with Crippen LogP contribution in [-0.2, 0) is 0 Å². The summed E-state index contributed by atoms with van der Waals surface area (Å²) in [7, 11) is 1.57. The van der Waals surface area contributed by atoms with Crippen LogP contribution in [0.3, 0.4) is 0 Å². The van der Waals surface area contributed by atoms with Gasteiger partial charge >= 0.3 is 0 Å². The quantitative estimate of drug-likeness (QED) is 0.780. The number of anilines is 2. The number of ether oxygens (including phenoxy) is 1. The maximum atomic E-state index is 14.0. The van der Waals surface area contributed by atoms with Gasteiger partial charge in [0.1, 0.15) is 17.9 Å². The second-order valence-electron chi connectivity index (χ2n) is 4.63. The van der Waals surface area contributed by atoms with E-state index >= 15 is 0 Å². The first-order valence-corrected chi connectivity index (χ1v) is 6.83. The normalized spacial score (nSPS) is 10.7. The number of hydrogen-bond donors (Lipinski definition) is 1. The maximum absolute atomic E-state index is 14.0. The van der Waals surface area contributed by atoms with Gasteiger partial charge in [-0.05, 0) is 30.7 Å². The molecule has 0 spiro atoms. The van der Waals surface area contributed by atoms with Crippen molar-refractivity contribution < 1.29 is 9.13 Å². The lowest BCUT2D eigenvalue weighted by Gasteiger charge is -2.11. The third kappa shape index (κ3) is 2.55. The molecule has 1 radical (unpaired) electrons. The monoisotopic (exact) mass is 316 g/mol. The summed E-state index contributed by atoms with van der Waals surface area (Å²) in [4.78, 5) is 8.36. The van der Waals surface area contributed by atoms with Gasteiger partial charge < -0.3 is 10.1 Å². The van der Waals surface area contributed by atoms with E-state index in [2.05, 4.69) is 22.2 Å². The second-order valence-corrected chi connectivity index (χ2v) is 5.04. The lowest BCUT2D eigenvalue weighted by atomic mass is 10.1. The van der Waals surface area contributed by atoms with Gasteiger partial charge in [-0.1, -0.05) is 17.7 Å². The number of methoxy groups -OCH3 is 1. The molecule has 0 amide bonds. The van der Waals surface area contributed by atoms with Crippen molar-refractivity contribution in [3.05, 3.63) is 60.0 Å². The summed E-state index contributed by atoms with van der Waals surface area (Å²) in [6.07, 6.45) is 1.40. The standard InChI is InChI=1S/C16H12ClFN3O/c1-9-6-10-13(7-14(9)22-2)19-8-20-16(10)21-12-5-3-4-11(17)15(12)18/h3-8H,1H2,2H3,(H,19,20,21). The topological polar surface area (TPSA) is 47.0 Å². The average Bonchev–Trinajstić information content (AvgIpc) is 2.52. The average molecular weight is 317 g/mol. The van der Waals surface area contributed by atoms with E-state index in [4.69, 9.17) is 16.3 Å². The molecule has 1 heterocycles. The number of benzene rings is 2. The molecule has 0 saturated heterocycles. The van der Waals surface area contributed by atoms with Crippen LogP contribution in [0.15, 0.2) is 36.7 Å². The Balaban J connectivity index is 2.11. The molecule has 0 atom stereocenters. The Bertz CT molecular complexity index is 854. The summed E-state index contributed by atoms with van der Waals surface area (Å²) < 4.78 is 19.2. The molecular formula is C16H12ClFN3O. The molecule has 0 aliphatic rings. The van der Waals surface area contributed by atoms with E-state index in [1.165, 1.54) is 12.4 Å². The summed E-state index contributed by atoms with van der Waals surface area (Å²) in [6.45, 7) is 3.92. The number of nitrogens with one attached hydrogen (secondary N) is 1. The summed E-state index contributed by atoms with van der Waals surface area (Å²) >= 11 is 5.79. The number of rotatable bonds is 3. The molecule has 3 rings (SSSR count). The molecule has 0 unspecified atom stereocenters. The molecular weight excluding hydrogens is 305 g/mol. The Morgan fingerprint density at radius 1 is 1.27 bits per heavy atom. The molecule has 0 saturated carbocycles. The molecule has 4 nitrogen and oxygen atoms in total. The largest absolute Gasteiger partial charge is 0.496 e. The van der Waals surface area contributed by atoms with Gasteiger partial charge in [0.25, 0.3) is 0 Å². The fourth-order valence-corrected chi connectivity index (χ4v) is 2.32. The minimum atomic E-state index is -0.528. The number of hydrogen-bond acceptors (Lipinski definition) is 4. The molecule has 0 aliphatic heterocycles. The Labute approximate surface area is 131 Å². The number of halogens is 2. The van der Waals surface area contributed by atoms with Crippen molar-refractivity contribution in [3.8, 4) is 5.75 Å². The fourth-order valence-electron chi connectivity index (χ4n) is 2.15. The molecule has 1 N–H and O–H groups in total. The summed E-state index contributed by atoms with van der Waals surface area (Å²) in [5.41, 5.74) is 1.61. The molecule has 2 aromatic carbocycles. The predicted octanol–water partition coefficient (Wildman–Crippen LogP) is 4.36. The van der Waals surface area contributed by atoms with Gasteiger partial charge in [0.05, 0.1) is 23.3 Å². The highest BCUT2D eigenvalue weighted by Gasteiger charge is 2.11. The smallest absolute Gasteiger partial charge is 0.165 e. The van der Waals surface area contributed by atoms with Crippen molar-refractivity contribution >= 4 is 34.0 Å². The van der Waals surface area contributed by atoms with Crippen LogP contribution in [0.25, 0.3) is 10.9 Å². The van der Waals surface area contributed by atoms with Crippen LogP contribution in [0, 0.1) is 12.7 Å². The number of fused-ring (bicyclic) bond motifs is 1. The van der Waals surface area contributed by atoms with Crippen molar-refractivity contribution in [2.45, 2.75) is 0 Å². The molecule has 0 fully saturated rings. The number of nitrogens with zero attached hydrogens (tertiary/aromatic N) is 2. The molecule has 0 aliphatic carbocycles. The highest BCUT2D eigenvalue weighted by Crippen LogP contribution is 2.30. The van der Waals surface area contributed by atoms with Gasteiger partial charge in [0.2, 0.25) is 0 Å². The van der Waals surface area contributed by atoms with Gasteiger partial charge in [0.15, 0.2) is 5.82 Å². The van der Waals surface area contributed by atoms with Gasteiger partial charge in [-0.3, -0.25) is 0 Å². The van der Waals surface area contributed by atoms with Crippen LogP contribution < -0.4 is 10.1 Å². The van der Waals surface area contributed by atoms with E-state index in [-0.39, 0.29) is 10.7 Å². The lowest BCUT2D eigenvalue weighted by molar-refractivity contribution is 0.413. The van der Waals surface area contributed by atoms with E-state index in [0.29, 0.717) is 28.0 Å². The zero-order valence-electron chi connectivity index (χ0n) is 11.7. The van der Waals surface area contributed by atoms with E-state index in [1.807, 2.05) is 0 Å². The van der Waals surface area contributed by atoms with Gasteiger partial charge in [-0.25, -0.2) is 14.4 Å². The molecule has 6 heteroatoms. The summed E-state index contributed by atoms with van der Waals surface area (Å²) in [5, 5.41) is 3.70. The maximum Gasteiger partial charge on any atom is 0.165 e. The molecule has 3 aromatic rings. The Kier molecular flexibility index (Phi) is 3.81. The van der Waals surface area contributed by atoms with Crippen molar-refractivity contribution in [2.24, 2.45) is 0 Å². The van der Waals surface area contributed by atoms with Gasteiger partial charge in [0, 0.05) is 11.5 Å². The first kappa shape index (κ1) is 14.5. The van der Waals surface area contributed by atoms with Crippen LogP contribution in [0.2, 0.25) is 5.02 Å². The molecule has 0 bridgehead atoms. The lowest BCUT2D eigenvalue weighted by Crippen LogP contribution is -1.99. The zero-order valence-corrected chi connectivity index (χ0v) is 12.5. The van der Waals surface area contributed by atoms with E-state index in [9.17, 15) is 4.39 Å². The highest BCUT2D eigenvalue weighted by molar-refractivity contribution is 6.31. The minimum Gasteiger partial charge on any atom is -0.496 e. The molecule has 111 valence electrons. The molecule has 22 heavy (non-hydrogen) atoms. The van der Waals surface area contributed by atoms with E-state index < -0.39 is 5.82 Å². The zero-order chi connectivity index (χ0) is 15.7. The summed E-state index contributed by atoms with van der Waals surface area (Å²) in [5.74, 6) is 0.573. The minimum absolute atomic E-state index is 0.0443. The molecule has 1 aromatic heterocycles. The second kappa shape index (κ2) is 5.77.